The molecule has 2 atom stereocenters. The van der Waals surface area contributed by atoms with Crippen molar-refractivity contribution in [1.29, 1.82) is 0 Å². The van der Waals surface area contributed by atoms with E-state index in [0.717, 1.165) is 0 Å². The van der Waals surface area contributed by atoms with Gasteiger partial charge in [-0.1, -0.05) is 6.92 Å². The van der Waals surface area contributed by atoms with E-state index in [-0.39, 0.29) is 18.1 Å². The number of hydrogen-bond acceptors (Lipinski definition) is 4. The standard InChI is InChI=1S/C12H22N2O5S/c1-9(20(2)18)3-6-13-11(17)14-12(10(15)16)4-7-19-8-5-12/h9H,3-8H2,1-2H3,(H,15,16)(H2,13,14,17). The van der Waals surface area contributed by atoms with Crippen molar-refractivity contribution in [2.45, 2.75) is 37.0 Å². The molecule has 0 spiro atoms. The van der Waals surface area contributed by atoms with Gasteiger partial charge in [0.2, 0.25) is 0 Å². The molecule has 0 aromatic heterocycles. The first kappa shape index (κ1) is 16.9. The van der Waals surface area contributed by atoms with Gasteiger partial charge in [0, 0.05) is 54.9 Å². The van der Waals surface area contributed by atoms with Gasteiger partial charge < -0.3 is 20.5 Å². The van der Waals surface area contributed by atoms with Gasteiger partial charge in [0.15, 0.2) is 0 Å². The summed E-state index contributed by atoms with van der Waals surface area (Å²) in [5.74, 6) is -1.04. The van der Waals surface area contributed by atoms with E-state index >= 15 is 0 Å². The van der Waals surface area contributed by atoms with E-state index < -0.39 is 28.3 Å². The van der Waals surface area contributed by atoms with Gasteiger partial charge in [0.25, 0.3) is 0 Å². The molecule has 2 unspecified atom stereocenters. The first-order valence-corrected chi connectivity index (χ1v) is 8.19. The normalized spacial score (nSPS) is 20.7. The van der Waals surface area contributed by atoms with E-state index in [1.165, 1.54) is 0 Å². The third-order valence-corrected chi connectivity index (χ3v) is 4.88. The maximum absolute atomic E-state index is 11.8. The number of hydrogen-bond donors (Lipinski definition) is 3. The Hall–Kier alpha value is -1.15. The molecule has 0 aromatic carbocycles. The molecule has 2 amide bonds. The van der Waals surface area contributed by atoms with Crippen LogP contribution in [0.5, 0.6) is 0 Å². The minimum absolute atomic E-state index is 0.00758. The number of amides is 2. The molecule has 7 nitrogen and oxygen atoms in total. The minimum Gasteiger partial charge on any atom is -0.480 e. The second-order valence-electron chi connectivity index (χ2n) is 4.98. The average molecular weight is 306 g/mol. The molecule has 8 heteroatoms. The fourth-order valence-electron chi connectivity index (χ4n) is 1.93. The molecular formula is C12H22N2O5S. The molecule has 0 bridgehead atoms. The molecule has 1 aliphatic heterocycles. The highest BCUT2D eigenvalue weighted by atomic mass is 32.2. The SMILES string of the molecule is CC(CCNC(=O)NC1(C(=O)O)CCOCC1)S(C)=O. The van der Waals surface area contributed by atoms with Crippen molar-refractivity contribution >= 4 is 22.8 Å². The highest BCUT2D eigenvalue weighted by molar-refractivity contribution is 7.84. The van der Waals surface area contributed by atoms with E-state index in [1.54, 1.807) is 6.26 Å². The quantitative estimate of drug-likeness (QED) is 0.644. The maximum Gasteiger partial charge on any atom is 0.329 e. The topological polar surface area (TPSA) is 105 Å². The number of carboxylic acid groups (broad SMARTS) is 1. The Morgan fingerprint density at radius 3 is 2.50 bits per heavy atom. The summed E-state index contributed by atoms with van der Waals surface area (Å²) >= 11 is 0. The number of urea groups is 1. The van der Waals surface area contributed by atoms with Crippen LogP contribution in [0.2, 0.25) is 0 Å². The van der Waals surface area contributed by atoms with Crippen LogP contribution < -0.4 is 10.6 Å². The molecular weight excluding hydrogens is 284 g/mol. The van der Waals surface area contributed by atoms with Crippen LogP contribution in [0.3, 0.4) is 0 Å². The van der Waals surface area contributed by atoms with E-state index in [1.807, 2.05) is 6.92 Å². The van der Waals surface area contributed by atoms with Crippen molar-refractivity contribution < 1.29 is 23.6 Å². The van der Waals surface area contributed by atoms with Crippen LogP contribution in [0.1, 0.15) is 26.2 Å². The molecule has 1 heterocycles. The average Bonchev–Trinajstić information content (AvgIpc) is 2.39. The smallest absolute Gasteiger partial charge is 0.329 e. The van der Waals surface area contributed by atoms with Crippen molar-refractivity contribution in [1.82, 2.24) is 10.6 Å². The van der Waals surface area contributed by atoms with Gasteiger partial charge in [0.05, 0.1) is 0 Å². The van der Waals surface area contributed by atoms with Crippen LogP contribution in [0.4, 0.5) is 4.79 Å². The van der Waals surface area contributed by atoms with Gasteiger partial charge in [-0.15, -0.1) is 0 Å². The summed E-state index contributed by atoms with van der Waals surface area (Å²) in [6.07, 6.45) is 2.71. The summed E-state index contributed by atoms with van der Waals surface area (Å²) in [7, 11) is -0.929. The summed E-state index contributed by atoms with van der Waals surface area (Å²) in [5, 5.41) is 14.4. The molecule has 3 N–H and O–H groups in total. The number of carbonyl (C=O) groups excluding carboxylic acids is 1. The van der Waals surface area contributed by atoms with E-state index in [9.17, 15) is 18.9 Å². The largest absolute Gasteiger partial charge is 0.480 e. The summed E-state index contributed by atoms with van der Waals surface area (Å²) < 4.78 is 16.3. The Balaban J connectivity index is 2.43. The van der Waals surface area contributed by atoms with Gasteiger partial charge in [-0.2, -0.15) is 0 Å². The fraction of sp³-hybridized carbons (Fsp3) is 0.833. The van der Waals surface area contributed by atoms with Crippen LogP contribution >= 0.6 is 0 Å². The van der Waals surface area contributed by atoms with E-state index in [0.29, 0.717) is 26.2 Å². The molecule has 0 saturated carbocycles. The summed E-state index contributed by atoms with van der Waals surface area (Å²) in [6.45, 7) is 2.84. The second-order valence-corrected chi connectivity index (χ2v) is 6.78. The lowest BCUT2D eigenvalue weighted by atomic mass is 9.90. The third-order valence-electron chi connectivity index (χ3n) is 3.51. The zero-order valence-corrected chi connectivity index (χ0v) is 12.6. The maximum atomic E-state index is 11.8. The van der Waals surface area contributed by atoms with Crippen LogP contribution in [0.25, 0.3) is 0 Å². The van der Waals surface area contributed by atoms with Crippen molar-refractivity contribution in [3.63, 3.8) is 0 Å². The predicted molar refractivity (Wildman–Crippen MR) is 75.1 cm³/mol. The first-order valence-electron chi connectivity index (χ1n) is 6.57. The van der Waals surface area contributed by atoms with Crippen molar-refractivity contribution in [3.05, 3.63) is 0 Å². The Kier molecular flexibility index (Phi) is 6.41. The summed E-state index contributed by atoms with van der Waals surface area (Å²) in [5.41, 5.74) is -1.25. The third kappa shape index (κ3) is 4.75. The highest BCUT2D eigenvalue weighted by Gasteiger charge is 2.41. The van der Waals surface area contributed by atoms with Crippen LogP contribution in [0, 0.1) is 0 Å². The molecule has 20 heavy (non-hydrogen) atoms. The molecule has 116 valence electrons. The summed E-state index contributed by atoms with van der Waals surface area (Å²) in [4.78, 5) is 23.1. The van der Waals surface area contributed by atoms with Crippen molar-refractivity contribution in [2.24, 2.45) is 0 Å². The van der Waals surface area contributed by atoms with Gasteiger partial charge in [-0.25, -0.2) is 9.59 Å². The highest BCUT2D eigenvalue weighted by Crippen LogP contribution is 2.20. The van der Waals surface area contributed by atoms with Gasteiger partial charge >= 0.3 is 12.0 Å². The number of ether oxygens (including phenoxy) is 1. The van der Waals surface area contributed by atoms with E-state index in [4.69, 9.17) is 4.74 Å². The second kappa shape index (κ2) is 7.58. The number of carbonyl (C=O) groups is 2. The Bertz CT molecular complexity index is 382. The Morgan fingerprint density at radius 1 is 1.40 bits per heavy atom. The Morgan fingerprint density at radius 2 is 2.00 bits per heavy atom. The lowest BCUT2D eigenvalue weighted by molar-refractivity contribution is -0.148. The van der Waals surface area contributed by atoms with Crippen LogP contribution in [0.15, 0.2) is 0 Å². The van der Waals surface area contributed by atoms with Crippen molar-refractivity contribution in [3.8, 4) is 0 Å². The van der Waals surface area contributed by atoms with Gasteiger partial charge in [-0.05, 0) is 6.42 Å². The molecule has 0 radical (unpaired) electrons. The first-order chi connectivity index (χ1) is 9.37. The molecule has 1 saturated heterocycles. The predicted octanol–water partition coefficient (Wildman–Crippen LogP) is 0.0765. The summed E-state index contributed by atoms with van der Waals surface area (Å²) in [6, 6.07) is -0.511. The van der Waals surface area contributed by atoms with Crippen molar-refractivity contribution in [2.75, 3.05) is 26.0 Å². The monoisotopic (exact) mass is 306 g/mol. The number of carboxylic acids is 1. The molecule has 0 aliphatic carbocycles. The zero-order valence-electron chi connectivity index (χ0n) is 11.8. The van der Waals surface area contributed by atoms with E-state index in [2.05, 4.69) is 10.6 Å². The minimum atomic E-state index is -1.25. The lowest BCUT2D eigenvalue weighted by Crippen LogP contribution is -2.59. The number of aliphatic carboxylic acids is 1. The molecule has 1 fully saturated rings. The number of rotatable bonds is 6. The van der Waals surface area contributed by atoms with Crippen LogP contribution in [-0.4, -0.2) is 58.1 Å². The molecule has 1 rings (SSSR count). The zero-order chi connectivity index (χ0) is 15.2. The fourth-order valence-corrected chi connectivity index (χ4v) is 2.38. The van der Waals surface area contributed by atoms with Gasteiger partial charge in [0.1, 0.15) is 5.54 Å². The molecule has 0 aromatic rings. The van der Waals surface area contributed by atoms with Gasteiger partial charge in [-0.3, -0.25) is 4.21 Å². The van der Waals surface area contributed by atoms with Crippen LogP contribution in [-0.2, 0) is 20.3 Å². The Labute approximate surface area is 120 Å². The lowest BCUT2D eigenvalue weighted by Gasteiger charge is -2.33. The number of nitrogens with one attached hydrogen (secondary N) is 2. The molecule has 1 aliphatic rings.